The van der Waals surface area contributed by atoms with Crippen molar-refractivity contribution in [1.29, 1.82) is 0 Å². The molecule has 0 spiro atoms. The number of halogens is 1. The molecule has 2 saturated heterocycles. The van der Waals surface area contributed by atoms with Crippen molar-refractivity contribution in [3.8, 4) is 0 Å². The average molecular weight is 352 g/mol. The standard InChI is InChI=1S/C16H22ClN5O2/c17-12-11-19-16(22-7-1-2-8-22)20-14(12)15(24)18-6-4-10-21-9-3-5-13(21)23/h11H,1-10H2,(H,18,24). The van der Waals surface area contributed by atoms with E-state index in [4.69, 9.17) is 11.6 Å². The first kappa shape index (κ1) is 17.0. The highest BCUT2D eigenvalue weighted by molar-refractivity contribution is 6.33. The van der Waals surface area contributed by atoms with Crippen molar-refractivity contribution in [3.05, 3.63) is 16.9 Å². The molecular formula is C16H22ClN5O2. The van der Waals surface area contributed by atoms with Crippen LogP contribution in [-0.2, 0) is 4.79 Å². The van der Waals surface area contributed by atoms with Gasteiger partial charge in [-0.3, -0.25) is 9.59 Å². The molecule has 1 aromatic heterocycles. The Bertz CT molecular complexity index is 618. The Morgan fingerprint density at radius 2 is 2.04 bits per heavy atom. The zero-order valence-corrected chi connectivity index (χ0v) is 14.4. The van der Waals surface area contributed by atoms with E-state index in [9.17, 15) is 9.59 Å². The molecule has 3 heterocycles. The van der Waals surface area contributed by atoms with E-state index in [-0.39, 0.29) is 22.5 Å². The summed E-state index contributed by atoms with van der Waals surface area (Å²) in [6.45, 7) is 3.81. The maximum atomic E-state index is 12.3. The molecule has 0 atom stereocenters. The second-order valence-electron chi connectivity index (χ2n) is 6.15. The maximum Gasteiger partial charge on any atom is 0.271 e. The van der Waals surface area contributed by atoms with Crippen LogP contribution >= 0.6 is 11.6 Å². The third-order valence-corrected chi connectivity index (χ3v) is 4.67. The monoisotopic (exact) mass is 351 g/mol. The highest BCUT2D eigenvalue weighted by atomic mass is 35.5. The highest BCUT2D eigenvalue weighted by Crippen LogP contribution is 2.19. The van der Waals surface area contributed by atoms with Gasteiger partial charge in [0.05, 0.1) is 11.2 Å². The predicted molar refractivity (Wildman–Crippen MR) is 91.3 cm³/mol. The van der Waals surface area contributed by atoms with Crippen LogP contribution in [-0.4, -0.2) is 59.4 Å². The van der Waals surface area contributed by atoms with Gasteiger partial charge in [0, 0.05) is 39.1 Å². The molecule has 0 saturated carbocycles. The Kier molecular flexibility index (Phi) is 5.50. The molecule has 3 rings (SSSR count). The van der Waals surface area contributed by atoms with Gasteiger partial charge in [0.2, 0.25) is 11.9 Å². The second kappa shape index (κ2) is 7.79. The van der Waals surface area contributed by atoms with E-state index in [0.717, 1.165) is 45.3 Å². The van der Waals surface area contributed by atoms with E-state index in [0.29, 0.717) is 25.5 Å². The Labute approximate surface area is 146 Å². The minimum atomic E-state index is -0.296. The van der Waals surface area contributed by atoms with Crippen molar-refractivity contribution >= 4 is 29.4 Å². The predicted octanol–water partition coefficient (Wildman–Crippen LogP) is 1.47. The molecule has 24 heavy (non-hydrogen) atoms. The lowest BCUT2D eigenvalue weighted by Crippen LogP contribution is -2.31. The van der Waals surface area contributed by atoms with Gasteiger partial charge in [0.1, 0.15) is 0 Å². The lowest BCUT2D eigenvalue weighted by Gasteiger charge is -2.16. The first-order chi connectivity index (χ1) is 11.6. The molecule has 8 heteroatoms. The van der Waals surface area contributed by atoms with Crippen molar-refractivity contribution in [2.45, 2.75) is 32.1 Å². The van der Waals surface area contributed by atoms with Gasteiger partial charge in [-0.15, -0.1) is 0 Å². The summed E-state index contributed by atoms with van der Waals surface area (Å²) in [5, 5.41) is 3.08. The molecule has 2 aliphatic heterocycles. The van der Waals surface area contributed by atoms with Gasteiger partial charge >= 0.3 is 0 Å². The molecule has 2 aliphatic rings. The number of nitrogens with one attached hydrogen (secondary N) is 1. The van der Waals surface area contributed by atoms with Crippen LogP contribution in [0.15, 0.2) is 6.20 Å². The van der Waals surface area contributed by atoms with E-state index >= 15 is 0 Å². The Morgan fingerprint density at radius 3 is 2.75 bits per heavy atom. The van der Waals surface area contributed by atoms with Crippen LogP contribution in [0.25, 0.3) is 0 Å². The molecule has 1 aromatic rings. The lowest BCUT2D eigenvalue weighted by molar-refractivity contribution is -0.127. The van der Waals surface area contributed by atoms with E-state index in [1.54, 1.807) is 0 Å². The number of anilines is 1. The van der Waals surface area contributed by atoms with Crippen molar-refractivity contribution in [1.82, 2.24) is 20.2 Å². The first-order valence-corrected chi connectivity index (χ1v) is 8.86. The van der Waals surface area contributed by atoms with Gasteiger partial charge in [-0.25, -0.2) is 9.97 Å². The van der Waals surface area contributed by atoms with Crippen molar-refractivity contribution < 1.29 is 9.59 Å². The summed E-state index contributed by atoms with van der Waals surface area (Å²) in [7, 11) is 0. The number of nitrogens with zero attached hydrogens (tertiary/aromatic N) is 4. The van der Waals surface area contributed by atoms with Crippen molar-refractivity contribution in [2.24, 2.45) is 0 Å². The molecule has 2 fully saturated rings. The molecule has 0 unspecified atom stereocenters. The van der Waals surface area contributed by atoms with E-state index < -0.39 is 0 Å². The summed E-state index contributed by atoms with van der Waals surface area (Å²) in [6.07, 6.45) is 6.01. The van der Waals surface area contributed by atoms with Crippen LogP contribution in [0.3, 0.4) is 0 Å². The number of carbonyl (C=O) groups is 2. The molecule has 7 nitrogen and oxygen atoms in total. The smallest absolute Gasteiger partial charge is 0.271 e. The Morgan fingerprint density at radius 1 is 1.25 bits per heavy atom. The zero-order valence-electron chi connectivity index (χ0n) is 13.6. The molecular weight excluding hydrogens is 330 g/mol. The van der Waals surface area contributed by atoms with Gasteiger partial charge in [-0.2, -0.15) is 0 Å². The largest absolute Gasteiger partial charge is 0.351 e. The zero-order chi connectivity index (χ0) is 16.9. The van der Waals surface area contributed by atoms with Gasteiger partial charge in [0.25, 0.3) is 5.91 Å². The van der Waals surface area contributed by atoms with Crippen molar-refractivity contribution in [3.63, 3.8) is 0 Å². The number of rotatable bonds is 6. The summed E-state index contributed by atoms with van der Waals surface area (Å²) in [5.74, 6) is 0.468. The first-order valence-electron chi connectivity index (χ1n) is 8.48. The highest BCUT2D eigenvalue weighted by Gasteiger charge is 2.21. The third kappa shape index (κ3) is 3.95. The normalized spacial score (nSPS) is 17.6. The topological polar surface area (TPSA) is 78.4 Å². The molecule has 2 amide bonds. The Hall–Kier alpha value is -1.89. The molecule has 0 aromatic carbocycles. The number of likely N-dealkylation sites (tertiary alicyclic amines) is 1. The fraction of sp³-hybridized carbons (Fsp3) is 0.625. The second-order valence-corrected chi connectivity index (χ2v) is 6.56. The average Bonchev–Trinajstić information content (AvgIpc) is 3.24. The lowest BCUT2D eigenvalue weighted by atomic mass is 10.3. The number of carbonyl (C=O) groups excluding carboxylic acids is 2. The molecule has 130 valence electrons. The maximum absolute atomic E-state index is 12.3. The quantitative estimate of drug-likeness (QED) is 0.785. The van der Waals surface area contributed by atoms with Crippen molar-refractivity contribution in [2.75, 3.05) is 37.6 Å². The minimum absolute atomic E-state index is 0.204. The summed E-state index contributed by atoms with van der Waals surface area (Å²) in [6, 6.07) is 0. The molecule has 0 bridgehead atoms. The van der Waals surface area contributed by atoms with Crippen LogP contribution in [0.4, 0.5) is 5.95 Å². The minimum Gasteiger partial charge on any atom is -0.351 e. The van der Waals surface area contributed by atoms with E-state index in [1.807, 2.05) is 4.90 Å². The van der Waals surface area contributed by atoms with Crippen LogP contribution in [0, 0.1) is 0 Å². The SMILES string of the molecule is O=C(NCCCN1CCCC1=O)c1nc(N2CCCC2)ncc1Cl. The summed E-state index contributed by atoms with van der Waals surface area (Å²) >= 11 is 6.08. The van der Waals surface area contributed by atoms with Gasteiger partial charge in [-0.05, 0) is 25.7 Å². The molecule has 1 N–H and O–H groups in total. The number of aromatic nitrogens is 2. The number of hydrogen-bond donors (Lipinski definition) is 1. The van der Waals surface area contributed by atoms with E-state index in [1.165, 1.54) is 6.20 Å². The fourth-order valence-corrected chi connectivity index (χ4v) is 3.26. The van der Waals surface area contributed by atoms with Crippen LogP contribution < -0.4 is 10.2 Å². The summed E-state index contributed by atoms with van der Waals surface area (Å²) in [5.41, 5.74) is 0.214. The third-order valence-electron chi connectivity index (χ3n) is 4.40. The molecule has 0 radical (unpaired) electrons. The molecule has 0 aliphatic carbocycles. The van der Waals surface area contributed by atoms with Crippen LogP contribution in [0.5, 0.6) is 0 Å². The number of amides is 2. The summed E-state index contributed by atoms with van der Waals surface area (Å²) in [4.78, 5) is 36.3. The fourth-order valence-electron chi connectivity index (χ4n) is 3.08. The van der Waals surface area contributed by atoms with Gasteiger partial charge in [-0.1, -0.05) is 11.6 Å². The van der Waals surface area contributed by atoms with Crippen LogP contribution in [0.2, 0.25) is 5.02 Å². The van der Waals surface area contributed by atoms with E-state index in [2.05, 4.69) is 20.2 Å². The van der Waals surface area contributed by atoms with Crippen LogP contribution in [0.1, 0.15) is 42.6 Å². The van der Waals surface area contributed by atoms with Gasteiger partial charge < -0.3 is 15.1 Å². The summed E-state index contributed by atoms with van der Waals surface area (Å²) < 4.78 is 0. The number of hydrogen-bond acceptors (Lipinski definition) is 5. The Balaban J connectivity index is 1.52. The van der Waals surface area contributed by atoms with Gasteiger partial charge in [0.15, 0.2) is 5.69 Å².